The average Bonchev–Trinajstić information content (AvgIpc) is 3.01. The Hall–Kier alpha value is -2.31. The molecule has 21 heavy (non-hydrogen) atoms. The predicted octanol–water partition coefficient (Wildman–Crippen LogP) is 2.15. The molecular formula is C14H18N4O3. The summed E-state index contributed by atoms with van der Waals surface area (Å²) in [5, 5.41) is 3.87. The van der Waals surface area contributed by atoms with Crippen molar-refractivity contribution in [3.63, 3.8) is 0 Å². The van der Waals surface area contributed by atoms with Crippen LogP contribution < -0.4 is 0 Å². The number of carbonyl (C=O) groups is 1. The van der Waals surface area contributed by atoms with Gasteiger partial charge in [0, 0.05) is 12.4 Å². The number of ether oxygens (including phenoxy) is 1. The van der Waals surface area contributed by atoms with Crippen molar-refractivity contribution in [1.82, 2.24) is 20.1 Å². The van der Waals surface area contributed by atoms with E-state index in [1.165, 1.54) is 0 Å². The van der Waals surface area contributed by atoms with E-state index in [9.17, 15) is 4.79 Å². The van der Waals surface area contributed by atoms with E-state index < -0.39 is 5.41 Å². The summed E-state index contributed by atoms with van der Waals surface area (Å²) >= 11 is 0. The summed E-state index contributed by atoms with van der Waals surface area (Å²) in [6.07, 6.45) is 4.21. The highest BCUT2D eigenvalue weighted by atomic mass is 16.5. The van der Waals surface area contributed by atoms with Gasteiger partial charge in [0.05, 0.1) is 6.61 Å². The minimum Gasteiger partial charge on any atom is -0.465 e. The Morgan fingerprint density at radius 2 is 1.86 bits per heavy atom. The minimum atomic E-state index is -0.921. The molecule has 7 heteroatoms. The number of hydrogen-bond acceptors (Lipinski definition) is 7. The summed E-state index contributed by atoms with van der Waals surface area (Å²) in [6.45, 7) is 5.86. The first-order valence-electron chi connectivity index (χ1n) is 6.96. The smallest absolute Gasteiger partial charge is 0.321 e. The monoisotopic (exact) mass is 290 g/mol. The Bertz CT molecular complexity index is 593. The summed E-state index contributed by atoms with van der Waals surface area (Å²) in [6, 6.07) is 1.70. The normalized spacial score (nSPS) is 11.4. The summed E-state index contributed by atoms with van der Waals surface area (Å²) in [5.41, 5.74) is -0.921. The van der Waals surface area contributed by atoms with Gasteiger partial charge in [-0.3, -0.25) is 4.79 Å². The van der Waals surface area contributed by atoms with E-state index in [2.05, 4.69) is 20.1 Å². The van der Waals surface area contributed by atoms with E-state index in [4.69, 9.17) is 9.26 Å². The molecule has 7 nitrogen and oxygen atoms in total. The second-order valence-electron chi connectivity index (χ2n) is 4.51. The Morgan fingerprint density at radius 1 is 1.19 bits per heavy atom. The van der Waals surface area contributed by atoms with Gasteiger partial charge in [0.25, 0.3) is 0 Å². The van der Waals surface area contributed by atoms with Crippen LogP contribution in [0, 0.1) is 0 Å². The molecule has 2 heterocycles. The molecule has 0 spiro atoms. The van der Waals surface area contributed by atoms with E-state index in [-0.39, 0.29) is 17.7 Å². The maximum atomic E-state index is 12.3. The zero-order chi connectivity index (χ0) is 15.3. The van der Waals surface area contributed by atoms with Gasteiger partial charge in [-0.15, -0.1) is 0 Å². The van der Waals surface area contributed by atoms with Crippen LogP contribution in [0.1, 0.15) is 39.5 Å². The van der Waals surface area contributed by atoms with E-state index in [1.54, 1.807) is 25.4 Å². The lowest BCUT2D eigenvalue weighted by atomic mass is 9.82. The van der Waals surface area contributed by atoms with Crippen LogP contribution >= 0.6 is 0 Å². The number of rotatable bonds is 6. The van der Waals surface area contributed by atoms with Gasteiger partial charge in [-0.25, -0.2) is 9.97 Å². The lowest BCUT2D eigenvalue weighted by molar-refractivity contribution is -0.151. The van der Waals surface area contributed by atoms with Gasteiger partial charge in [0.2, 0.25) is 17.5 Å². The fraction of sp³-hybridized carbons (Fsp3) is 0.500. The van der Waals surface area contributed by atoms with Crippen LogP contribution in [-0.2, 0) is 14.9 Å². The lowest BCUT2D eigenvalue weighted by Gasteiger charge is -2.24. The molecule has 112 valence electrons. The molecule has 0 aliphatic rings. The third-order valence-electron chi connectivity index (χ3n) is 3.47. The third-order valence-corrected chi connectivity index (χ3v) is 3.47. The Balaban J connectivity index is 2.39. The Morgan fingerprint density at radius 3 is 2.43 bits per heavy atom. The molecule has 0 unspecified atom stereocenters. The second kappa shape index (κ2) is 6.43. The molecule has 0 radical (unpaired) electrons. The molecule has 0 saturated heterocycles. The van der Waals surface area contributed by atoms with E-state index in [0.717, 1.165) is 0 Å². The number of aromatic nitrogens is 4. The molecule has 2 aromatic heterocycles. The zero-order valence-corrected chi connectivity index (χ0v) is 12.4. The van der Waals surface area contributed by atoms with Crippen molar-refractivity contribution in [2.45, 2.75) is 39.0 Å². The van der Waals surface area contributed by atoms with Crippen LogP contribution in [-0.4, -0.2) is 32.7 Å². The van der Waals surface area contributed by atoms with Crippen molar-refractivity contribution in [3.8, 4) is 11.6 Å². The quantitative estimate of drug-likeness (QED) is 0.753. The molecule has 0 atom stereocenters. The lowest BCUT2D eigenvalue weighted by Crippen LogP contribution is -2.36. The molecule has 0 N–H and O–H groups in total. The molecule has 0 amide bonds. The summed E-state index contributed by atoms with van der Waals surface area (Å²) < 4.78 is 10.5. The maximum absolute atomic E-state index is 12.3. The van der Waals surface area contributed by atoms with Gasteiger partial charge in [-0.1, -0.05) is 19.0 Å². The first-order valence-corrected chi connectivity index (χ1v) is 6.96. The van der Waals surface area contributed by atoms with Gasteiger partial charge in [0.1, 0.15) is 5.41 Å². The topological polar surface area (TPSA) is 91.0 Å². The average molecular weight is 290 g/mol. The highest BCUT2D eigenvalue weighted by Gasteiger charge is 2.44. The SMILES string of the molecule is CCOC(=O)C(CC)(CC)c1nc(-c2ncccn2)no1. The molecule has 0 aliphatic carbocycles. The summed E-state index contributed by atoms with van der Waals surface area (Å²) in [7, 11) is 0. The highest BCUT2D eigenvalue weighted by Crippen LogP contribution is 2.32. The Kier molecular flexibility index (Phi) is 4.62. The second-order valence-corrected chi connectivity index (χ2v) is 4.51. The molecule has 0 fully saturated rings. The largest absolute Gasteiger partial charge is 0.465 e. The van der Waals surface area contributed by atoms with E-state index in [1.807, 2.05) is 13.8 Å². The van der Waals surface area contributed by atoms with Crippen molar-refractivity contribution in [1.29, 1.82) is 0 Å². The standard InChI is InChI=1S/C14H18N4O3/c1-4-14(5-2,13(19)20-6-3)12-17-11(18-21-12)10-15-8-7-9-16-10/h7-9H,4-6H2,1-3H3. The first-order chi connectivity index (χ1) is 10.2. The number of esters is 1. The molecule has 2 rings (SSSR count). The van der Waals surface area contributed by atoms with E-state index in [0.29, 0.717) is 25.3 Å². The molecular weight excluding hydrogens is 272 g/mol. The third kappa shape index (κ3) is 2.76. The summed E-state index contributed by atoms with van der Waals surface area (Å²) in [4.78, 5) is 24.7. The molecule has 2 aromatic rings. The van der Waals surface area contributed by atoms with Crippen LogP contribution in [0.4, 0.5) is 0 Å². The van der Waals surface area contributed by atoms with Crippen LogP contribution in [0.25, 0.3) is 11.6 Å². The van der Waals surface area contributed by atoms with Crippen molar-refractivity contribution in [2.75, 3.05) is 6.61 Å². The number of hydrogen-bond donors (Lipinski definition) is 0. The zero-order valence-electron chi connectivity index (χ0n) is 12.4. The fourth-order valence-electron chi connectivity index (χ4n) is 2.12. The van der Waals surface area contributed by atoms with Crippen molar-refractivity contribution >= 4 is 5.97 Å². The number of carbonyl (C=O) groups excluding carboxylic acids is 1. The molecule has 0 saturated carbocycles. The van der Waals surface area contributed by atoms with Gasteiger partial charge in [-0.05, 0) is 25.8 Å². The fourth-order valence-corrected chi connectivity index (χ4v) is 2.12. The Labute approximate surface area is 122 Å². The van der Waals surface area contributed by atoms with Gasteiger partial charge < -0.3 is 9.26 Å². The first kappa shape index (κ1) is 15.1. The van der Waals surface area contributed by atoms with Gasteiger partial charge in [-0.2, -0.15) is 4.98 Å². The molecule has 0 bridgehead atoms. The van der Waals surface area contributed by atoms with Crippen molar-refractivity contribution in [2.24, 2.45) is 0 Å². The van der Waals surface area contributed by atoms with Crippen LogP contribution in [0.15, 0.2) is 23.0 Å². The van der Waals surface area contributed by atoms with Gasteiger partial charge >= 0.3 is 5.97 Å². The number of nitrogens with zero attached hydrogens (tertiary/aromatic N) is 4. The highest BCUT2D eigenvalue weighted by molar-refractivity contribution is 5.81. The maximum Gasteiger partial charge on any atom is 0.321 e. The van der Waals surface area contributed by atoms with Gasteiger partial charge in [0.15, 0.2) is 0 Å². The van der Waals surface area contributed by atoms with Crippen LogP contribution in [0.2, 0.25) is 0 Å². The van der Waals surface area contributed by atoms with Crippen LogP contribution in [0.5, 0.6) is 0 Å². The minimum absolute atomic E-state index is 0.244. The van der Waals surface area contributed by atoms with Crippen LogP contribution in [0.3, 0.4) is 0 Å². The van der Waals surface area contributed by atoms with E-state index >= 15 is 0 Å². The van der Waals surface area contributed by atoms with Crippen molar-refractivity contribution in [3.05, 3.63) is 24.4 Å². The summed E-state index contributed by atoms with van der Waals surface area (Å²) in [5.74, 6) is 0.520. The predicted molar refractivity (Wildman–Crippen MR) is 74.2 cm³/mol. The van der Waals surface area contributed by atoms with Crippen molar-refractivity contribution < 1.29 is 14.1 Å². The molecule has 0 aromatic carbocycles. The molecule has 0 aliphatic heterocycles.